The molecule has 0 aliphatic carbocycles. The molecule has 23 heavy (non-hydrogen) atoms. The Morgan fingerprint density at radius 1 is 1.26 bits per heavy atom. The van der Waals surface area contributed by atoms with Crippen molar-refractivity contribution in [1.29, 1.82) is 0 Å². The van der Waals surface area contributed by atoms with E-state index in [0.29, 0.717) is 19.0 Å². The van der Waals surface area contributed by atoms with Crippen LogP contribution in [0.15, 0.2) is 30.3 Å². The number of hydrogen-bond donors (Lipinski definition) is 2. The zero-order valence-corrected chi connectivity index (χ0v) is 13.0. The maximum Gasteiger partial charge on any atom is 0.320 e. The predicted molar refractivity (Wildman–Crippen MR) is 84.7 cm³/mol. The Bertz CT molecular complexity index is 538. The number of carboxylic acid groups (broad SMARTS) is 1. The Kier molecular flexibility index (Phi) is 6.10. The van der Waals surface area contributed by atoms with Gasteiger partial charge in [-0.2, -0.15) is 0 Å². The van der Waals surface area contributed by atoms with Crippen LogP contribution in [-0.4, -0.2) is 47.2 Å². The lowest BCUT2D eigenvalue weighted by atomic mass is 9.92. The van der Waals surface area contributed by atoms with E-state index in [1.54, 1.807) is 0 Å². The number of amides is 1. The van der Waals surface area contributed by atoms with Crippen LogP contribution in [0.3, 0.4) is 0 Å². The first-order chi connectivity index (χ1) is 11.0. The molecule has 0 spiro atoms. The quantitative estimate of drug-likeness (QED) is 0.867. The number of alkyl halides is 1. The summed E-state index contributed by atoms with van der Waals surface area (Å²) in [6.45, 7) is 0.992. The van der Waals surface area contributed by atoms with Crippen LogP contribution in [0.25, 0.3) is 0 Å². The molecule has 1 amide bonds. The first-order valence-electron chi connectivity index (χ1n) is 7.95. The zero-order valence-electron chi connectivity index (χ0n) is 13.0. The van der Waals surface area contributed by atoms with Gasteiger partial charge in [-0.25, -0.2) is 4.39 Å². The van der Waals surface area contributed by atoms with Crippen LogP contribution in [0, 0.1) is 0 Å². The van der Waals surface area contributed by atoms with Gasteiger partial charge in [-0.15, -0.1) is 0 Å². The van der Waals surface area contributed by atoms with Crippen molar-refractivity contribution in [2.45, 2.75) is 43.8 Å². The number of halogens is 1. The lowest BCUT2D eigenvalue weighted by Crippen LogP contribution is -2.42. The van der Waals surface area contributed by atoms with E-state index in [0.717, 1.165) is 19.3 Å². The molecule has 1 aromatic rings. The van der Waals surface area contributed by atoms with Crippen LogP contribution in [-0.2, 0) is 9.59 Å². The lowest BCUT2D eigenvalue weighted by molar-refractivity contribution is -0.141. The van der Waals surface area contributed by atoms with Crippen LogP contribution in [0.5, 0.6) is 0 Å². The van der Waals surface area contributed by atoms with Gasteiger partial charge in [-0.1, -0.05) is 30.3 Å². The molecule has 1 heterocycles. The highest BCUT2D eigenvalue weighted by Crippen LogP contribution is 2.28. The van der Waals surface area contributed by atoms with E-state index < -0.39 is 30.5 Å². The highest BCUT2D eigenvalue weighted by atomic mass is 19.1. The molecule has 1 unspecified atom stereocenters. The van der Waals surface area contributed by atoms with Gasteiger partial charge in [-0.3, -0.25) is 9.59 Å². The Morgan fingerprint density at radius 2 is 1.96 bits per heavy atom. The van der Waals surface area contributed by atoms with Crippen molar-refractivity contribution in [3.63, 3.8) is 0 Å². The number of likely N-dealkylation sites (tertiary alicyclic amines) is 1. The van der Waals surface area contributed by atoms with Crippen molar-refractivity contribution in [2.75, 3.05) is 13.1 Å². The van der Waals surface area contributed by atoms with E-state index in [-0.39, 0.29) is 0 Å². The number of nitrogens with two attached hydrogens (primary N) is 1. The lowest BCUT2D eigenvalue weighted by Gasteiger charge is -2.23. The number of nitrogens with zero attached hydrogens (tertiary/aromatic N) is 1. The third-order valence-electron chi connectivity index (χ3n) is 4.36. The second-order valence-corrected chi connectivity index (χ2v) is 6.01. The van der Waals surface area contributed by atoms with Crippen LogP contribution in [0.1, 0.15) is 37.2 Å². The van der Waals surface area contributed by atoms with Gasteiger partial charge in [0.25, 0.3) is 5.91 Å². The van der Waals surface area contributed by atoms with Crippen molar-refractivity contribution in [3.8, 4) is 0 Å². The number of benzene rings is 1. The van der Waals surface area contributed by atoms with E-state index >= 15 is 0 Å². The second-order valence-electron chi connectivity index (χ2n) is 6.01. The van der Waals surface area contributed by atoms with Gasteiger partial charge in [0.05, 0.1) is 0 Å². The van der Waals surface area contributed by atoms with Crippen molar-refractivity contribution < 1.29 is 19.1 Å². The molecule has 0 bridgehead atoms. The molecule has 3 N–H and O–H groups in total. The molecule has 0 saturated carbocycles. The van der Waals surface area contributed by atoms with E-state index in [4.69, 9.17) is 10.8 Å². The third kappa shape index (κ3) is 4.76. The highest BCUT2D eigenvalue weighted by molar-refractivity contribution is 5.82. The van der Waals surface area contributed by atoms with E-state index in [2.05, 4.69) is 12.1 Å². The maximum absolute atomic E-state index is 14.0. The molecule has 1 saturated heterocycles. The first-order valence-corrected chi connectivity index (χ1v) is 7.95. The normalized spacial score (nSPS) is 21.3. The summed E-state index contributed by atoms with van der Waals surface area (Å²) in [5, 5.41) is 8.71. The second kappa shape index (κ2) is 8.06. The average Bonchev–Trinajstić information content (AvgIpc) is 2.80. The summed E-state index contributed by atoms with van der Waals surface area (Å²) in [7, 11) is 0. The minimum Gasteiger partial charge on any atom is -0.480 e. The first kappa shape index (κ1) is 17.4. The summed E-state index contributed by atoms with van der Waals surface area (Å²) in [5.41, 5.74) is 6.55. The summed E-state index contributed by atoms with van der Waals surface area (Å²) < 4.78 is 14.0. The molecule has 5 nitrogen and oxygen atoms in total. The Morgan fingerprint density at radius 3 is 2.61 bits per heavy atom. The van der Waals surface area contributed by atoms with E-state index in [1.165, 1.54) is 10.5 Å². The van der Waals surface area contributed by atoms with Gasteiger partial charge in [-0.05, 0) is 30.7 Å². The summed E-state index contributed by atoms with van der Waals surface area (Å²) in [6, 6.07) is 8.76. The van der Waals surface area contributed by atoms with Crippen LogP contribution >= 0.6 is 0 Å². The van der Waals surface area contributed by atoms with Crippen molar-refractivity contribution >= 4 is 11.9 Å². The van der Waals surface area contributed by atoms with Crippen LogP contribution < -0.4 is 5.73 Å². The smallest absolute Gasteiger partial charge is 0.320 e. The summed E-state index contributed by atoms with van der Waals surface area (Å²) in [6.07, 6.45) is 0.220. The molecule has 2 rings (SSSR count). The molecule has 0 aromatic heterocycles. The van der Waals surface area contributed by atoms with E-state index in [1.807, 2.05) is 18.2 Å². The molecule has 3 atom stereocenters. The number of rotatable bonds is 5. The molecule has 6 heteroatoms. The van der Waals surface area contributed by atoms with Gasteiger partial charge >= 0.3 is 5.97 Å². The summed E-state index contributed by atoms with van der Waals surface area (Å²) in [4.78, 5) is 24.3. The van der Waals surface area contributed by atoms with Gasteiger partial charge in [0.1, 0.15) is 6.04 Å². The number of carboxylic acids is 1. The van der Waals surface area contributed by atoms with Gasteiger partial charge in [0.15, 0.2) is 6.17 Å². The van der Waals surface area contributed by atoms with Crippen molar-refractivity contribution in [3.05, 3.63) is 35.9 Å². The van der Waals surface area contributed by atoms with Crippen LogP contribution in [0.4, 0.5) is 4.39 Å². The molecule has 1 aliphatic heterocycles. The minimum atomic E-state index is -1.85. The van der Waals surface area contributed by atoms with Gasteiger partial charge in [0, 0.05) is 19.5 Å². The largest absolute Gasteiger partial charge is 0.480 e. The predicted octanol–water partition coefficient (Wildman–Crippen LogP) is 1.92. The fourth-order valence-corrected chi connectivity index (χ4v) is 3.00. The van der Waals surface area contributed by atoms with Crippen molar-refractivity contribution in [1.82, 2.24) is 4.90 Å². The molecule has 126 valence electrons. The molecular formula is C17H23FN2O3. The zero-order chi connectivity index (χ0) is 16.8. The molecular weight excluding hydrogens is 299 g/mol. The Labute approximate surface area is 135 Å². The van der Waals surface area contributed by atoms with Gasteiger partial charge < -0.3 is 15.7 Å². The third-order valence-corrected chi connectivity index (χ3v) is 4.36. The Balaban J connectivity index is 1.92. The maximum atomic E-state index is 14.0. The van der Waals surface area contributed by atoms with Gasteiger partial charge in [0.2, 0.25) is 0 Å². The SMILES string of the molecule is N[C@@H](C[C@H](F)C(=O)N1CCCC(c2ccccc2)CC1)C(=O)O. The molecule has 1 aromatic carbocycles. The number of hydrogen-bond acceptors (Lipinski definition) is 3. The molecule has 1 fully saturated rings. The molecule has 1 aliphatic rings. The van der Waals surface area contributed by atoms with Crippen LogP contribution in [0.2, 0.25) is 0 Å². The topological polar surface area (TPSA) is 83.6 Å². The van der Waals surface area contributed by atoms with Crippen molar-refractivity contribution in [2.24, 2.45) is 5.73 Å². The number of aliphatic carboxylic acids is 1. The fourth-order valence-electron chi connectivity index (χ4n) is 3.00. The molecule has 0 radical (unpaired) electrons. The Hall–Kier alpha value is -1.95. The summed E-state index contributed by atoms with van der Waals surface area (Å²) in [5.74, 6) is -1.57. The minimum absolute atomic E-state index is 0.369. The van der Waals surface area contributed by atoms with E-state index in [9.17, 15) is 14.0 Å². The monoisotopic (exact) mass is 322 g/mol. The fraction of sp³-hybridized carbons (Fsp3) is 0.529. The highest BCUT2D eigenvalue weighted by Gasteiger charge is 2.29. The number of carbonyl (C=O) groups excluding carboxylic acids is 1. The average molecular weight is 322 g/mol. The number of carbonyl (C=O) groups is 2. The summed E-state index contributed by atoms with van der Waals surface area (Å²) >= 11 is 0. The standard InChI is InChI=1S/C17H23FN2O3/c18-14(11-15(19)17(22)23)16(21)20-9-4-7-13(8-10-20)12-5-2-1-3-6-12/h1-3,5-6,13-15H,4,7-11,19H2,(H,22,23)/t13?,14-,15-/m0/s1.